The standard InChI is InChI=1S/C19H38O2/c1-13(2)9-14(3)10-15(4)11-16(5)18-17(6)12-20-19(7,8)21-18/h13-18H,9-12H2,1-8H3/t14-,15-,16-,17-,18+/m0/s1. The summed E-state index contributed by atoms with van der Waals surface area (Å²) in [5.41, 5.74) is 0. The van der Waals surface area contributed by atoms with E-state index in [4.69, 9.17) is 9.47 Å². The zero-order valence-electron chi connectivity index (χ0n) is 15.6. The second-order valence-corrected chi connectivity index (χ2v) is 8.56. The molecule has 0 unspecified atom stereocenters. The average molecular weight is 299 g/mol. The fraction of sp³-hybridized carbons (Fsp3) is 1.00. The van der Waals surface area contributed by atoms with Crippen LogP contribution in [0.5, 0.6) is 0 Å². The van der Waals surface area contributed by atoms with Crippen LogP contribution in [0, 0.1) is 29.6 Å². The van der Waals surface area contributed by atoms with Crippen molar-refractivity contribution in [2.75, 3.05) is 6.61 Å². The van der Waals surface area contributed by atoms with Gasteiger partial charge in [-0.2, -0.15) is 0 Å². The van der Waals surface area contributed by atoms with Gasteiger partial charge in [0, 0.05) is 5.92 Å². The van der Waals surface area contributed by atoms with Crippen LogP contribution < -0.4 is 0 Å². The molecule has 0 N–H and O–H groups in total. The van der Waals surface area contributed by atoms with Crippen molar-refractivity contribution in [3.63, 3.8) is 0 Å². The van der Waals surface area contributed by atoms with E-state index >= 15 is 0 Å². The molecule has 21 heavy (non-hydrogen) atoms. The Balaban J connectivity index is 2.45. The van der Waals surface area contributed by atoms with Crippen LogP contribution in [-0.2, 0) is 9.47 Å². The van der Waals surface area contributed by atoms with Crippen LogP contribution in [-0.4, -0.2) is 18.5 Å². The van der Waals surface area contributed by atoms with Gasteiger partial charge in [-0.1, -0.05) is 41.5 Å². The topological polar surface area (TPSA) is 18.5 Å². The fourth-order valence-corrected chi connectivity index (χ4v) is 4.03. The molecule has 2 heteroatoms. The van der Waals surface area contributed by atoms with Gasteiger partial charge in [0.1, 0.15) is 0 Å². The highest BCUT2D eigenvalue weighted by molar-refractivity contribution is 4.80. The molecule has 0 spiro atoms. The Kier molecular flexibility index (Phi) is 7.19. The first-order valence-electron chi connectivity index (χ1n) is 8.92. The first-order chi connectivity index (χ1) is 9.60. The van der Waals surface area contributed by atoms with E-state index in [1.165, 1.54) is 19.3 Å². The monoisotopic (exact) mass is 298 g/mol. The molecule has 0 radical (unpaired) electrons. The molecule has 1 heterocycles. The van der Waals surface area contributed by atoms with E-state index in [2.05, 4.69) is 41.5 Å². The third kappa shape index (κ3) is 6.69. The summed E-state index contributed by atoms with van der Waals surface area (Å²) in [7, 11) is 0. The van der Waals surface area contributed by atoms with Gasteiger partial charge in [-0.05, 0) is 56.8 Å². The van der Waals surface area contributed by atoms with Crippen LogP contribution in [0.2, 0.25) is 0 Å². The zero-order chi connectivity index (χ0) is 16.2. The second kappa shape index (κ2) is 7.97. The molecule has 0 saturated carbocycles. The van der Waals surface area contributed by atoms with Crippen molar-refractivity contribution in [1.82, 2.24) is 0 Å². The largest absolute Gasteiger partial charge is 0.350 e. The summed E-state index contributed by atoms with van der Waals surface area (Å²) in [4.78, 5) is 0. The molecule has 0 aromatic rings. The zero-order valence-corrected chi connectivity index (χ0v) is 15.6. The molecule has 0 bridgehead atoms. The highest BCUT2D eigenvalue weighted by Crippen LogP contribution is 2.34. The van der Waals surface area contributed by atoms with Gasteiger partial charge in [0.2, 0.25) is 0 Å². The third-order valence-corrected chi connectivity index (χ3v) is 4.69. The number of hydrogen-bond acceptors (Lipinski definition) is 2. The Labute approximate surface area is 133 Å². The van der Waals surface area contributed by atoms with Gasteiger partial charge in [0.15, 0.2) is 5.79 Å². The van der Waals surface area contributed by atoms with Gasteiger partial charge >= 0.3 is 0 Å². The number of hydrogen-bond donors (Lipinski definition) is 0. The molecule has 1 saturated heterocycles. The SMILES string of the molecule is CC(C)C[C@H](C)C[C@H](C)C[C@H](C)[C@H]1OC(C)(C)OC[C@@H]1C. The minimum atomic E-state index is -0.417. The van der Waals surface area contributed by atoms with Crippen LogP contribution in [0.3, 0.4) is 0 Å². The Bertz CT molecular complexity index is 298. The Morgan fingerprint density at radius 3 is 2.10 bits per heavy atom. The minimum absolute atomic E-state index is 0.330. The van der Waals surface area contributed by atoms with E-state index < -0.39 is 5.79 Å². The second-order valence-electron chi connectivity index (χ2n) is 8.56. The normalized spacial score (nSPS) is 30.1. The Hall–Kier alpha value is -0.0800. The third-order valence-electron chi connectivity index (χ3n) is 4.69. The van der Waals surface area contributed by atoms with Gasteiger partial charge in [0.05, 0.1) is 12.7 Å². The quantitative estimate of drug-likeness (QED) is 0.617. The predicted octanol–water partition coefficient (Wildman–Crippen LogP) is 5.51. The van der Waals surface area contributed by atoms with Crippen molar-refractivity contribution >= 4 is 0 Å². The van der Waals surface area contributed by atoms with Crippen molar-refractivity contribution in [1.29, 1.82) is 0 Å². The van der Waals surface area contributed by atoms with Crippen molar-refractivity contribution in [2.24, 2.45) is 29.6 Å². The number of ether oxygens (including phenoxy) is 2. The van der Waals surface area contributed by atoms with E-state index in [0.29, 0.717) is 17.9 Å². The first kappa shape index (κ1) is 19.0. The molecule has 0 aromatic heterocycles. The van der Waals surface area contributed by atoms with Crippen LogP contribution in [0.4, 0.5) is 0 Å². The highest BCUT2D eigenvalue weighted by atomic mass is 16.7. The molecule has 1 aliphatic rings. The summed E-state index contributed by atoms with van der Waals surface area (Å²) >= 11 is 0. The molecule has 5 atom stereocenters. The summed E-state index contributed by atoms with van der Waals surface area (Å²) in [6, 6.07) is 0. The summed E-state index contributed by atoms with van der Waals surface area (Å²) < 4.78 is 11.9. The smallest absolute Gasteiger partial charge is 0.163 e. The number of rotatable bonds is 7. The molecule has 1 aliphatic heterocycles. The van der Waals surface area contributed by atoms with Crippen molar-refractivity contribution in [3.8, 4) is 0 Å². The average Bonchev–Trinajstić information content (AvgIpc) is 2.30. The molecular weight excluding hydrogens is 260 g/mol. The van der Waals surface area contributed by atoms with E-state index in [9.17, 15) is 0 Å². The lowest BCUT2D eigenvalue weighted by Crippen LogP contribution is -2.47. The lowest BCUT2D eigenvalue weighted by molar-refractivity contribution is -0.300. The molecule has 0 aromatic carbocycles. The van der Waals surface area contributed by atoms with Crippen molar-refractivity contribution in [3.05, 3.63) is 0 Å². The van der Waals surface area contributed by atoms with Crippen LogP contribution in [0.15, 0.2) is 0 Å². The predicted molar refractivity (Wildman–Crippen MR) is 90.2 cm³/mol. The summed E-state index contributed by atoms with van der Waals surface area (Å²) in [5.74, 6) is 3.09. The molecule has 0 aliphatic carbocycles. The summed E-state index contributed by atoms with van der Waals surface area (Å²) in [6.45, 7) is 18.9. The van der Waals surface area contributed by atoms with E-state index in [0.717, 1.165) is 24.4 Å². The lowest BCUT2D eigenvalue weighted by Gasteiger charge is -2.43. The molecule has 1 fully saturated rings. The molecule has 1 rings (SSSR count). The van der Waals surface area contributed by atoms with Crippen LogP contribution in [0.1, 0.15) is 74.7 Å². The van der Waals surface area contributed by atoms with Gasteiger partial charge < -0.3 is 9.47 Å². The maximum absolute atomic E-state index is 6.20. The van der Waals surface area contributed by atoms with E-state index in [1.54, 1.807) is 0 Å². The van der Waals surface area contributed by atoms with Crippen LogP contribution >= 0.6 is 0 Å². The summed E-state index contributed by atoms with van der Waals surface area (Å²) in [6.07, 6.45) is 4.27. The van der Waals surface area contributed by atoms with Gasteiger partial charge in [0.25, 0.3) is 0 Å². The molecule has 0 amide bonds. The van der Waals surface area contributed by atoms with Crippen molar-refractivity contribution < 1.29 is 9.47 Å². The fourth-order valence-electron chi connectivity index (χ4n) is 4.03. The maximum atomic E-state index is 6.20. The molecule has 2 nitrogen and oxygen atoms in total. The van der Waals surface area contributed by atoms with Gasteiger partial charge in [-0.3, -0.25) is 0 Å². The van der Waals surface area contributed by atoms with Crippen LogP contribution in [0.25, 0.3) is 0 Å². The van der Waals surface area contributed by atoms with E-state index in [1.807, 2.05) is 13.8 Å². The molecule has 126 valence electrons. The molecular formula is C19H38O2. The lowest BCUT2D eigenvalue weighted by atomic mass is 9.82. The minimum Gasteiger partial charge on any atom is -0.350 e. The first-order valence-corrected chi connectivity index (χ1v) is 8.92. The van der Waals surface area contributed by atoms with Gasteiger partial charge in [-0.15, -0.1) is 0 Å². The Morgan fingerprint density at radius 2 is 1.52 bits per heavy atom. The highest BCUT2D eigenvalue weighted by Gasteiger charge is 2.37. The Morgan fingerprint density at radius 1 is 0.952 bits per heavy atom. The van der Waals surface area contributed by atoms with Gasteiger partial charge in [-0.25, -0.2) is 0 Å². The van der Waals surface area contributed by atoms with E-state index in [-0.39, 0.29) is 0 Å². The summed E-state index contributed by atoms with van der Waals surface area (Å²) in [5, 5.41) is 0. The van der Waals surface area contributed by atoms with Crippen molar-refractivity contribution in [2.45, 2.75) is 86.5 Å². The maximum Gasteiger partial charge on any atom is 0.163 e.